The van der Waals surface area contributed by atoms with E-state index in [1.807, 2.05) is 0 Å². The Morgan fingerprint density at radius 3 is 2.83 bits per heavy atom. The molecule has 1 aliphatic carbocycles. The van der Waals surface area contributed by atoms with Gasteiger partial charge in [-0.3, -0.25) is 4.79 Å². The normalized spacial score (nSPS) is 14.8. The Kier molecular flexibility index (Phi) is 6.65. The molecule has 129 valence electrons. The summed E-state index contributed by atoms with van der Waals surface area (Å²) in [6.07, 6.45) is 11.2. The molecule has 24 heavy (non-hydrogen) atoms. The third kappa shape index (κ3) is 5.55. The van der Waals surface area contributed by atoms with Crippen molar-refractivity contribution >= 4 is 17.0 Å². The van der Waals surface area contributed by atoms with Crippen LogP contribution in [0.4, 0.5) is 0 Å². The van der Waals surface area contributed by atoms with Crippen molar-refractivity contribution < 1.29 is 34.7 Å². The van der Waals surface area contributed by atoms with Gasteiger partial charge in [-0.1, -0.05) is 0 Å². The fraction of sp³-hybridized carbons (Fsp3) is 0.368. The van der Waals surface area contributed by atoms with Crippen LogP contribution >= 0.6 is 0 Å². The first-order valence-electron chi connectivity index (χ1n) is 7.71. The van der Waals surface area contributed by atoms with E-state index in [0.717, 1.165) is 12.8 Å². The first-order chi connectivity index (χ1) is 11.6. The molecule has 0 amide bonds. The number of carbonyl (C=O) groups is 1. The van der Waals surface area contributed by atoms with E-state index in [4.69, 9.17) is 15.9 Å². The number of hydrogen-bond donors (Lipinski definition) is 1. The zero-order valence-electron chi connectivity index (χ0n) is 13.3. The molecular weight excluding hydrogens is 351 g/mol. The van der Waals surface area contributed by atoms with Gasteiger partial charge in [-0.15, -0.1) is 12.3 Å². The summed E-state index contributed by atoms with van der Waals surface area (Å²) in [5.41, 5.74) is 0.579. The average Bonchev–Trinajstić information content (AvgIpc) is 3.36. The van der Waals surface area contributed by atoms with Gasteiger partial charge in [0.05, 0.1) is 6.42 Å². The van der Waals surface area contributed by atoms with Gasteiger partial charge in [0.15, 0.2) is 0 Å². The first kappa shape index (κ1) is 18.3. The number of carbonyl (C=O) groups excluding carboxylic acids is 1. The number of esters is 1. The number of allylic oxidation sites excluding steroid dienone is 1. The Labute approximate surface area is 150 Å². The second-order valence-corrected chi connectivity index (χ2v) is 6.19. The second-order valence-electron chi connectivity index (χ2n) is 5.84. The van der Waals surface area contributed by atoms with Crippen molar-refractivity contribution in [3.8, 4) is 23.8 Å². The SMILES string of the molecule is C#CCCC(=O)OCC1(COc2ccc(/C=C\[CH]=[Co])c(O)c2)CC1. The van der Waals surface area contributed by atoms with Crippen LogP contribution in [-0.4, -0.2) is 29.2 Å². The molecule has 0 unspecified atom stereocenters. The molecule has 1 aliphatic rings. The van der Waals surface area contributed by atoms with E-state index in [-0.39, 0.29) is 23.6 Å². The van der Waals surface area contributed by atoms with Crippen molar-refractivity contribution in [1.29, 1.82) is 0 Å². The van der Waals surface area contributed by atoms with Gasteiger partial charge in [0, 0.05) is 6.42 Å². The number of phenolic OH excluding ortho intramolecular Hbond substituents is 1. The summed E-state index contributed by atoms with van der Waals surface area (Å²) in [4.78, 5) is 13.1. The Morgan fingerprint density at radius 1 is 1.42 bits per heavy atom. The monoisotopic (exact) mass is 371 g/mol. The molecule has 2 rings (SSSR count). The number of aromatic hydroxyl groups is 1. The first-order valence-corrected chi connectivity index (χ1v) is 8.31. The Morgan fingerprint density at radius 2 is 2.21 bits per heavy atom. The van der Waals surface area contributed by atoms with Gasteiger partial charge in [-0.2, -0.15) is 0 Å². The van der Waals surface area contributed by atoms with Crippen LogP contribution in [0.15, 0.2) is 24.3 Å². The summed E-state index contributed by atoms with van der Waals surface area (Å²) in [6.45, 7) is 0.801. The molecule has 5 heteroatoms. The van der Waals surface area contributed by atoms with Gasteiger partial charge >= 0.3 is 120 Å². The Hall–Kier alpha value is -2.03. The van der Waals surface area contributed by atoms with Crippen LogP contribution in [0, 0.1) is 17.8 Å². The average molecular weight is 371 g/mol. The quantitative estimate of drug-likeness (QED) is 0.536. The van der Waals surface area contributed by atoms with Crippen molar-refractivity contribution in [2.24, 2.45) is 5.41 Å². The molecule has 1 aromatic rings. The van der Waals surface area contributed by atoms with E-state index in [9.17, 15) is 9.90 Å². The number of ether oxygens (including phenoxy) is 2. The van der Waals surface area contributed by atoms with E-state index in [1.165, 1.54) is 0 Å². The second kappa shape index (κ2) is 8.72. The summed E-state index contributed by atoms with van der Waals surface area (Å²) in [5.74, 6) is 2.88. The minimum absolute atomic E-state index is 0.110. The fourth-order valence-corrected chi connectivity index (χ4v) is 2.21. The molecule has 1 aromatic carbocycles. The van der Waals surface area contributed by atoms with Crippen LogP contribution in [0.1, 0.15) is 31.2 Å². The Bertz CT molecular complexity index is 668. The van der Waals surface area contributed by atoms with Gasteiger partial charge in [-0.25, -0.2) is 0 Å². The van der Waals surface area contributed by atoms with E-state index in [1.54, 1.807) is 35.3 Å². The van der Waals surface area contributed by atoms with Gasteiger partial charge < -0.3 is 0 Å². The molecular formula is C19H20CoO4. The molecule has 1 saturated carbocycles. The van der Waals surface area contributed by atoms with Crippen LogP contribution in [0.2, 0.25) is 0 Å². The van der Waals surface area contributed by atoms with Gasteiger partial charge in [0.25, 0.3) is 0 Å². The number of terminal acetylenes is 1. The maximum absolute atomic E-state index is 11.5. The molecule has 0 bridgehead atoms. The van der Waals surface area contributed by atoms with Crippen molar-refractivity contribution in [2.45, 2.75) is 25.7 Å². The van der Waals surface area contributed by atoms with Crippen molar-refractivity contribution in [3.63, 3.8) is 0 Å². The summed E-state index contributed by atoms with van der Waals surface area (Å²) >= 11 is 4.01. The van der Waals surface area contributed by atoms with Crippen LogP contribution in [0.5, 0.6) is 11.5 Å². The number of rotatable bonds is 9. The van der Waals surface area contributed by atoms with E-state index >= 15 is 0 Å². The summed E-state index contributed by atoms with van der Waals surface area (Å²) in [6, 6.07) is 5.15. The van der Waals surface area contributed by atoms with Gasteiger partial charge in [0.1, 0.15) is 0 Å². The van der Waals surface area contributed by atoms with Crippen molar-refractivity contribution in [1.82, 2.24) is 0 Å². The molecule has 0 heterocycles. The predicted octanol–water partition coefficient (Wildman–Crippen LogP) is 2.87. The molecule has 0 spiro atoms. The molecule has 4 nitrogen and oxygen atoms in total. The van der Waals surface area contributed by atoms with Crippen LogP contribution in [0.25, 0.3) is 6.08 Å². The fourth-order valence-electron chi connectivity index (χ4n) is 2.11. The topological polar surface area (TPSA) is 55.8 Å². The minimum atomic E-state index is -0.270. The number of benzene rings is 1. The van der Waals surface area contributed by atoms with Crippen LogP contribution in [-0.2, 0) is 24.8 Å². The molecule has 1 fully saturated rings. The summed E-state index contributed by atoms with van der Waals surface area (Å²) in [7, 11) is 0. The van der Waals surface area contributed by atoms with Gasteiger partial charge in [0.2, 0.25) is 0 Å². The predicted molar refractivity (Wildman–Crippen MR) is 89.4 cm³/mol. The molecule has 0 atom stereocenters. The van der Waals surface area contributed by atoms with E-state index in [0.29, 0.717) is 30.9 Å². The molecule has 1 N–H and O–H groups in total. The maximum atomic E-state index is 11.5. The van der Waals surface area contributed by atoms with Crippen LogP contribution < -0.4 is 4.74 Å². The third-order valence-electron chi connectivity index (χ3n) is 3.86. The summed E-state index contributed by atoms with van der Waals surface area (Å²) < 4.78 is 11.0. The standard InChI is InChI=1S/C19H20O4.Co/c1-3-5-7-18(21)23-14-19(10-11-19)13-22-16-9-8-15(6-4-2)17(20)12-16;/h1-2,4,6,8-9,12,20H,5,7,10-11,13-14H2;/b6-4-;. The molecule has 0 saturated heterocycles. The zero-order valence-corrected chi connectivity index (χ0v) is 14.3. The molecule has 0 aromatic heterocycles. The third-order valence-corrected chi connectivity index (χ3v) is 4.06. The number of hydrogen-bond acceptors (Lipinski definition) is 4. The molecule has 0 aliphatic heterocycles. The van der Waals surface area contributed by atoms with Gasteiger partial charge in [-0.05, 0) is 0 Å². The van der Waals surface area contributed by atoms with E-state index in [2.05, 4.69) is 21.2 Å². The zero-order chi connectivity index (χ0) is 17.4. The van der Waals surface area contributed by atoms with Crippen LogP contribution in [0.3, 0.4) is 0 Å². The number of phenols is 1. The van der Waals surface area contributed by atoms with Crippen molar-refractivity contribution in [3.05, 3.63) is 29.8 Å². The summed E-state index contributed by atoms with van der Waals surface area (Å²) in [5, 5.41) is 9.97. The van der Waals surface area contributed by atoms with E-state index < -0.39 is 0 Å². The Balaban J connectivity index is 1.83. The van der Waals surface area contributed by atoms with Crippen molar-refractivity contribution in [2.75, 3.05) is 13.2 Å². The molecule has 0 radical (unpaired) electrons.